The summed E-state index contributed by atoms with van der Waals surface area (Å²) in [7, 11) is 0. The fourth-order valence-corrected chi connectivity index (χ4v) is 7.11. The summed E-state index contributed by atoms with van der Waals surface area (Å²) in [5, 5.41) is 0. The zero-order valence-corrected chi connectivity index (χ0v) is 29.3. The molecule has 0 radical (unpaired) electrons. The molecule has 0 saturated heterocycles. The van der Waals surface area contributed by atoms with Crippen LogP contribution in [0.1, 0.15) is 19.4 Å². The number of aromatic nitrogens is 3. The van der Waals surface area contributed by atoms with E-state index in [2.05, 4.69) is 111 Å². The van der Waals surface area contributed by atoms with Gasteiger partial charge in [0.2, 0.25) is 0 Å². The number of hydrogen-bond acceptors (Lipinski definition) is 4. The van der Waals surface area contributed by atoms with Gasteiger partial charge in [0.15, 0.2) is 17.5 Å². The van der Waals surface area contributed by atoms with Gasteiger partial charge < -0.3 is 4.74 Å². The highest BCUT2D eigenvalue weighted by molar-refractivity contribution is 5.84. The van der Waals surface area contributed by atoms with E-state index in [1.165, 1.54) is 17.7 Å². The minimum Gasteiger partial charge on any atom is -0.482 e. The highest BCUT2D eigenvalue weighted by Crippen LogP contribution is 2.46. The van der Waals surface area contributed by atoms with Crippen LogP contribution in [0.5, 0.6) is 5.75 Å². The van der Waals surface area contributed by atoms with Gasteiger partial charge in [0.25, 0.3) is 0 Å². The number of rotatable bonds is 6. The molecule has 0 spiro atoms. The van der Waals surface area contributed by atoms with Crippen molar-refractivity contribution < 1.29 is 9.13 Å². The van der Waals surface area contributed by atoms with E-state index in [0.29, 0.717) is 17.5 Å². The maximum absolute atomic E-state index is 14.1. The highest BCUT2D eigenvalue weighted by atomic mass is 19.1. The molecule has 0 fully saturated rings. The maximum atomic E-state index is 14.1. The lowest BCUT2D eigenvalue weighted by Gasteiger charge is -2.35. The van der Waals surface area contributed by atoms with Crippen LogP contribution >= 0.6 is 0 Å². The van der Waals surface area contributed by atoms with E-state index in [0.717, 1.165) is 66.9 Å². The normalized spacial score (nSPS) is 12.7. The van der Waals surface area contributed by atoms with E-state index < -0.39 is 5.60 Å². The third-order valence-corrected chi connectivity index (χ3v) is 9.83. The summed E-state index contributed by atoms with van der Waals surface area (Å²) in [6.07, 6.45) is 0. The van der Waals surface area contributed by atoms with Crippen molar-refractivity contribution in [2.45, 2.75) is 19.4 Å². The summed E-state index contributed by atoms with van der Waals surface area (Å²) >= 11 is 0. The standard InChI is InChI=1S/C48H34FN3O/c1-48(2)43-16-10-9-15-41(43)42-26-23-36(30-44(42)53-48)38-27-37(33-21-24-40(49)25-22-33)28-39(29-38)47-51-45(34-13-7-4-8-14-34)50-46(52-47)35-19-17-32(18-20-35)31-11-5-3-6-12-31/h3-30H,1-2H3. The molecule has 4 nitrogen and oxygen atoms in total. The number of fused-ring (bicyclic) bond motifs is 3. The Morgan fingerprint density at radius 1 is 0.396 bits per heavy atom. The molecule has 5 heteroatoms. The van der Waals surface area contributed by atoms with Crippen molar-refractivity contribution >= 4 is 0 Å². The summed E-state index contributed by atoms with van der Waals surface area (Å²) in [5.74, 6) is 2.23. The minimum atomic E-state index is -0.488. The number of ether oxygens (including phenoxy) is 1. The van der Waals surface area contributed by atoms with Crippen LogP contribution in [-0.4, -0.2) is 15.0 Å². The van der Waals surface area contributed by atoms with Gasteiger partial charge >= 0.3 is 0 Å². The Balaban J connectivity index is 1.20. The van der Waals surface area contributed by atoms with E-state index in [9.17, 15) is 4.39 Å². The third kappa shape index (κ3) is 6.27. The zero-order valence-electron chi connectivity index (χ0n) is 29.3. The fourth-order valence-electron chi connectivity index (χ4n) is 7.11. The summed E-state index contributed by atoms with van der Waals surface area (Å²) in [4.78, 5) is 15.1. The second-order valence-corrected chi connectivity index (χ2v) is 13.8. The topological polar surface area (TPSA) is 47.9 Å². The van der Waals surface area contributed by atoms with E-state index in [1.54, 1.807) is 12.1 Å². The average Bonchev–Trinajstić information content (AvgIpc) is 3.21. The van der Waals surface area contributed by atoms with E-state index in [-0.39, 0.29) is 5.82 Å². The van der Waals surface area contributed by atoms with Crippen LogP contribution in [0.15, 0.2) is 170 Å². The molecule has 1 aromatic heterocycles. The number of benzene rings is 7. The van der Waals surface area contributed by atoms with Gasteiger partial charge in [-0.3, -0.25) is 0 Å². The SMILES string of the molecule is CC1(C)Oc2cc(-c3cc(-c4ccc(F)cc4)cc(-c4nc(-c5ccccc5)nc(-c5ccc(-c6ccccc6)cc5)n4)c3)ccc2-c2ccccc21. The van der Waals surface area contributed by atoms with Crippen LogP contribution in [0.25, 0.3) is 78.7 Å². The molecule has 53 heavy (non-hydrogen) atoms. The van der Waals surface area contributed by atoms with E-state index in [1.807, 2.05) is 48.5 Å². The molecule has 8 aromatic rings. The van der Waals surface area contributed by atoms with E-state index in [4.69, 9.17) is 19.7 Å². The molecule has 9 rings (SSSR count). The second-order valence-electron chi connectivity index (χ2n) is 13.8. The Kier molecular flexibility index (Phi) is 7.97. The average molecular weight is 688 g/mol. The summed E-state index contributed by atoms with van der Waals surface area (Å²) < 4.78 is 20.8. The fraction of sp³-hybridized carbons (Fsp3) is 0.0625. The molecule has 7 aromatic carbocycles. The number of nitrogens with zero attached hydrogens (tertiary/aromatic N) is 3. The summed E-state index contributed by atoms with van der Waals surface area (Å²) in [6, 6.07) is 56.3. The van der Waals surface area contributed by atoms with Crippen molar-refractivity contribution in [3.05, 3.63) is 181 Å². The lowest BCUT2D eigenvalue weighted by molar-refractivity contribution is 0.106. The van der Waals surface area contributed by atoms with Gasteiger partial charge in [0, 0.05) is 27.8 Å². The molecule has 0 bridgehead atoms. The van der Waals surface area contributed by atoms with Crippen LogP contribution in [0, 0.1) is 5.82 Å². The highest BCUT2D eigenvalue weighted by Gasteiger charge is 2.32. The second kappa shape index (κ2) is 13.1. The molecule has 1 aliphatic heterocycles. The Hall–Kier alpha value is -6.72. The van der Waals surface area contributed by atoms with Crippen LogP contribution < -0.4 is 4.74 Å². The molecular weight excluding hydrogens is 654 g/mol. The smallest absolute Gasteiger partial charge is 0.164 e. The van der Waals surface area contributed by atoms with Crippen molar-refractivity contribution in [1.29, 1.82) is 0 Å². The summed E-state index contributed by atoms with van der Waals surface area (Å²) in [6.45, 7) is 4.21. The molecule has 0 aliphatic carbocycles. The van der Waals surface area contributed by atoms with E-state index >= 15 is 0 Å². The lowest BCUT2D eigenvalue weighted by Crippen LogP contribution is -2.29. The first-order valence-electron chi connectivity index (χ1n) is 17.7. The van der Waals surface area contributed by atoms with Gasteiger partial charge in [-0.1, -0.05) is 133 Å². The van der Waals surface area contributed by atoms with Gasteiger partial charge in [-0.2, -0.15) is 0 Å². The molecule has 0 atom stereocenters. The largest absolute Gasteiger partial charge is 0.482 e. The first-order chi connectivity index (χ1) is 25.9. The van der Waals surface area contributed by atoms with Crippen molar-refractivity contribution in [2.75, 3.05) is 0 Å². The molecule has 0 unspecified atom stereocenters. The molecule has 0 amide bonds. The van der Waals surface area contributed by atoms with Gasteiger partial charge in [-0.25, -0.2) is 19.3 Å². The Morgan fingerprint density at radius 3 is 1.53 bits per heavy atom. The van der Waals surface area contributed by atoms with Crippen molar-refractivity contribution in [3.63, 3.8) is 0 Å². The molecule has 0 saturated carbocycles. The molecule has 254 valence electrons. The van der Waals surface area contributed by atoms with Gasteiger partial charge in [-0.15, -0.1) is 0 Å². The third-order valence-electron chi connectivity index (χ3n) is 9.83. The van der Waals surface area contributed by atoms with Crippen LogP contribution in [0.4, 0.5) is 4.39 Å². The Morgan fingerprint density at radius 2 is 0.849 bits per heavy atom. The predicted molar refractivity (Wildman–Crippen MR) is 211 cm³/mol. The van der Waals surface area contributed by atoms with Crippen LogP contribution in [0.3, 0.4) is 0 Å². The molecule has 0 N–H and O–H groups in total. The first kappa shape index (κ1) is 32.2. The van der Waals surface area contributed by atoms with Gasteiger partial charge in [-0.05, 0) is 89.2 Å². The Bertz CT molecular complexity index is 2600. The van der Waals surface area contributed by atoms with Crippen LogP contribution in [0.2, 0.25) is 0 Å². The number of hydrogen-bond donors (Lipinski definition) is 0. The van der Waals surface area contributed by atoms with Crippen molar-refractivity contribution in [1.82, 2.24) is 15.0 Å². The lowest BCUT2D eigenvalue weighted by atomic mass is 9.85. The molecular formula is C48H34FN3O. The molecule has 2 heterocycles. The minimum absolute atomic E-state index is 0.284. The monoisotopic (exact) mass is 687 g/mol. The van der Waals surface area contributed by atoms with Crippen LogP contribution in [-0.2, 0) is 5.60 Å². The van der Waals surface area contributed by atoms with Crippen molar-refractivity contribution in [2.24, 2.45) is 0 Å². The zero-order chi connectivity index (χ0) is 35.9. The number of halogens is 1. The first-order valence-corrected chi connectivity index (χ1v) is 17.7. The van der Waals surface area contributed by atoms with Gasteiger partial charge in [0.05, 0.1) is 0 Å². The summed E-state index contributed by atoms with van der Waals surface area (Å²) in [5.41, 5.74) is 11.5. The molecule has 1 aliphatic rings. The predicted octanol–water partition coefficient (Wildman–Crippen LogP) is 12.3. The van der Waals surface area contributed by atoms with Gasteiger partial charge in [0.1, 0.15) is 17.2 Å². The Labute approximate surface area is 308 Å². The maximum Gasteiger partial charge on any atom is 0.164 e. The quantitative estimate of drug-likeness (QED) is 0.175. The van der Waals surface area contributed by atoms with Crippen molar-refractivity contribution in [3.8, 4) is 84.4 Å².